The number of fused-ring (bicyclic) bond motifs is 1. The Balaban J connectivity index is 2.11. The molecule has 7 heteroatoms. The third-order valence-corrected chi connectivity index (χ3v) is 3.62. The van der Waals surface area contributed by atoms with Crippen molar-refractivity contribution in [3.8, 4) is 5.75 Å². The lowest BCUT2D eigenvalue weighted by molar-refractivity contribution is 0.101. The molecule has 0 saturated heterocycles. The topological polar surface area (TPSA) is 70.3 Å². The molecule has 0 atom stereocenters. The van der Waals surface area contributed by atoms with Crippen LogP contribution >= 0.6 is 11.6 Å². The van der Waals surface area contributed by atoms with E-state index in [2.05, 4.69) is 0 Å². The third kappa shape index (κ3) is 2.17. The Labute approximate surface area is 129 Å². The molecule has 3 rings (SSSR count). The van der Waals surface area contributed by atoms with Gasteiger partial charge in [0.15, 0.2) is 5.76 Å². The van der Waals surface area contributed by atoms with E-state index < -0.39 is 11.2 Å². The summed E-state index contributed by atoms with van der Waals surface area (Å²) < 4.78 is 7.69. The van der Waals surface area contributed by atoms with Gasteiger partial charge in [-0.2, -0.15) is 0 Å². The maximum atomic E-state index is 12.3. The second kappa shape index (κ2) is 4.99. The van der Waals surface area contributed by atoms with Crippen molar-refractivity contribution in [2.45, 2.75) is 0 Å². The standard InChI is InChI=1S/C15H11ClN2O4/c1-17-7-8(14(20)18(2)15(17)21)5-12-13(19)10-6-9(16)3-4-11(10)22-12/h3-7H,1-2H3/b12-5+. The Kier molecular flexibility index (Phi) is 3.26. The van der Waals surface area contributed by atoms with Gasteiger partial charge in [0.1, 0.15) is 5.75 Å². The molecule has 1 aromatic heterocycles. The summed E-state index contributed by atoms with van der Waals surface area (Å²) in [5.74, 6) is 0.0590. The van der Waals surface area contributed by atoms with Gasteiger partial charge in [0.2, 0.25) is 5.78 Å². The molecule has 2 heterocycles. The average Bonchev–Trinajstić information content (AvgIpc) is 2.79. The molecule has 0 aliphatic carbocycles. The number of hydrogen-bond acceptors (Lipinski definition) is 4. The van der Waals surface area contributed by atoms with Gasteiger partial charge in [-0.3, -0.25) is 14.2 Å². The Morgan fingerprint density at radius 2 is 1.91 bits per heavy atom. The number of ketones is 1. The highest BCUT2D eigenvalue weighted by Gasteiger charge is 2.27. The number of aromatic nitrogens is 2. The minimum atomic E-state index is -0.499. The Morgan fingerprint density at radius 3 is 2.64 bits per heavy atom. The zero-order chi connectivity index (χ0) is 16.0. The number of hydrogen-bond donors (Lipinski definition) is 0. The van der Waals surface area contributed by atoms with E-state index in [0.717, 1.165) is 4.57 Å². The molecule has 112 valence electrons. The largest absolute Gasteiger partial charge is 0.452 e. The molecule has 1 aliphatic heterocycles. The van der Waals surface area contributed by atoms with Crippen LogP contribution in [-0.4, -0.2) is 14.9 Å². The molecule has 0 unspecified atom stereocenters. The zero-order valence-electron chi connectivity index (χ0n) is 11.8. The van der Waals surface area contributed by atoms with Gasteiger partial charge in [0.05, 0.1) is 11.1 Å². The summed E-state index contributed by atoms with van der Waals surface area (Å²) in [4.78, 5) is 36.0. The molecule has 6 nitrogen and oxygen atoms in total. The van der Waals surface area contributed by atoms with Crippen LogP contribution in [0, 0.1) is 0 Å². The van der Waals surface area contributed by atoms with Crippen LogP contribution < -0.4 is 16.0 Å². The van der Waals surface area contributed by atoms with Crippen LogP contribution in [-0.2, 0) is 14.1 Å². The second-order valence-electron chi connectivity index (χ2n) is 4.92. The average molecular weight is 319 g/mol. The Bertz CT molecular complexity index is 953. The highest BCUT2D eigenvalue weighted by atomic mass is 35.5. The number of Topliss-reactive ketones (excluding diaryl/α,β-unsaturated/α-hetero) is 1. The van der Waals surface area contributed by atoms with Crippen LogP contribution in [0.3, 0.4) is 0 Å². The Morgan fingerprint density at radius 1 is 1.18 bits per heavy atom. The SMILES string of the molecule is Cn1cc(/C=C2/Oc3ccc(Cl)cc3C2=O)c(=O)n(C)c1=O. The lowest BCUT2D eigenvalue weighted by Gasteiger charge is -2.04. The van der Waals surface area contributed by atoms with E-state index in [1.54, 1.807) is 12.1 Å². The first-order valence-electron chi connectivity index (χ1n) is 6.39. The van der Waals surface area contributed by atoms with Crippen molar-refractivity contribution in [1.29, 1.82) is 0 Å². The molecule has 0 radical (unpaired) electrons. The first-order chi connectivity index (χ1) is 10.4. The number of carbonyl (C=O) groups excluding carboxylic acids is 1. The molecule has 0 N–H and O–H groups in total. The normalized spacial score (nSPS) is 15.0. The minimum absolute atomic E-state index is 0.0213. The molecule has 0 spiro atoms. The number of nitrogens with zero attached hydrogens (tertiary/aromatic N) is 2. The minimum Gasteiger partial charge on any atom is -0.452 e. The van der Waals surface area contributed by atoms with Crippen LogP contribution in [0.2, 0.25) is 5.02 Å². The summed E-state index contributed by atoms with van der Waals surface area (Å²) in [5.41, 5.74) is -0.408. The predicted molar refractivity (Wildman–Crippen MR) is 81.3 cm³/mol. The van der Waals surface area contributed by atoms with Crippen LogP contribution in [0.4, 0.5) is 0 Å². The van der Waals surface area contributed by atoms with Gasteiger partial charge in [0, 0.05) is 25.3 Å². The van der Waals surface area contributed by atoms with Crippen molar-refractivity contribution in [1.82, 2.24) is 9.13 Å². The number of rotatable bonds is 1. The van der Waals surface area contributed by atoms with Crippen LogP contribution in [0.5, 0.6) is 5.75 Å². The van der Waals surface area contributed by atoms with E-state index in [1.165, 1.54) is 37.0 Å². The molecule has 0 bridgehead atoms. The molecule has 0 saturated carbocycles. The molecule has 2 aromatic rings. The maximum Gasteiger partial charge on any atom is 0.330 e. The Hall–Kier alpha value is -2.60. The number of ether oxygens (including phenoxy) is 1. The van der Waals surface area contributed by atoms with E-state index in [-0.39, 0.29) is 17.1 Å². The molecule has 1 aliphatic rings. The summed E-state index contributed by atoms with van der Waals surface area (Å²) in [6, 6.07) is 4.72. The molecule has 1 aromatic carbocycles. The highest BCUT2D eigenvalue weighted by Crippen LogP contribution is 2.33. The smallest absolute Gasteiger partial charge is 0.330 e. The molecule has 0 amide bonds. The molecule has 22 heavy (non-hydrogen) atoms. The fourth-order valence-corrected chi connectivity index (χ4v) is 2.41. The number of carbonyl (C=O) groups is 1. The summed E-state index contributed by atoms with van der Waals surface area (Å²) in [6.07, 6.45) is 2.70. The van der Waals surface area contributed by atoms with Crippen LogP contribution in [0.1, 0.15) is 15.9 Å². The van der Waals surface area contributed by atoms with Gasteiger partial charge in [-0.05, 0) is 24.3 Å². The summed E-state index contributed by atoms with van der Waals surface area (Å²) in [5, 5.41) is 0.426. The molecular formula is C15H11ClN2O4. The van der Waals surface area contributed by atoms with Crippen molar-refractivity contribution in [2.75, 3.05) is 0 Å². The summed E-state index contributed by atoms with van der Waals surface area (Å²) >= 11 is 5.86. The number of halogens is 1. The summed E-state index contributed by atoms with van der Waals surface area (Å²) in [6.45, 7) is 0. The van der Waals surface area contributed by atoms with Crippen molar-refractivity contribution in [3.05, 3.63) is 67.1 Å². The molecule has 0 fully saturated rings. The van der Waals surface area contributed by atoms with Gasteiger partial charge in [-0.1, -0.05) is 11.6 Å². The third-order valence-electron chi connectivity index (χ3n) is 3.39. The predicted octanol–water partition coefficient (Wildman–Crippen LogP) is 1.35. The van der Waals surface area contributed by atoms with Crippen molar-refractivity contribution in [3.63, 3.8) is 0 Å². The fourth-order valence-electron chi connectivity index (χ4n) is 2.24. The van der Waals surface area contributed by atoms with Crippen molar-refractivity contribution < 1.29 is 9.53 Å². The zero-order valence-corrected chi connectivity index (χ0v) is 12.5. The van der Waals surface area contributed by atoms with E-state index in [0.29, 0.717) is 16.3 Å². The van der Waals surface area contributed by atoms with Gasteiger partial charge in [0.25, 0.3) is 5.56 Å². The number of benzene rings is 1. The first-order valence-corrected chi connectivity index (χ1v) is 6.77. The second-order valence-corrected chi connectivity index (χ2v) is 5.36. The van der Waals surface area contributed by atoms with Gasteiger partial charge in [-0.15, -0.1) is 0 Å². The number of aryl methyl sites for hydroxylation is 1. The monoisotopic (exact) mass is 318 g/mol. The lowest BCUT2D eigenvalue weighted by Crippen LogP contribution is -2.37. The van der Waals surface area contributed by atoms with Gasteiger partial charge >= 0.3 is 5.69 Å². The van der Waals surface area contributed by atoms with Gasteiger partial charge < -0.3 is 9.30 Å². The van der Waals surface area contributed by atoms with E-state index in [4.69, 9.17) is 16.3 Å². The van der Waals surface area contributed by atoms with Crippen LogP contribution in [0.25, 0.3) is 6.08 Å². The fraction of sp³-hybridized carbons (Fsp3) is 0.133. The molecular weight excluding hydrogens is 308 g/mol. The van der Waals surface area contributed by atoms with Gasteiger partial charge in [-0.25, -0.2) is 4.79 Å². The lowest BCUT2D eigenvalue weighted by atomic mass is 10.1. The van der Waals surface area contributed by atoms with Crippen molar-refractivity contribution in [2.24, 2.45) is 14.1 Å². The van der Waals surface area contributed by atoms with E-state index in [9.17, 15) is 14.4 Å². The van der Waals surface area contributed by atoms with Crippen molar-refractivity contribution >= 4 is 23.5 Å². The van der Waals surface area contributed by atoms with E-state index in [1.807, 2.05) is 0 Å². The quantitative estimate of drug-likeness (QED) is 0.744. The number of allylic oxidation sites excluding steroid dienone is 1. The van der Waals surface area contributed by atoms with Crippen LogP contribution in [0.15, 0.2) is 39.7 Å². The van der Waals surface area contributed by atoms with E-state index >= 15 is 0 Å². The first kappa shape index (κ1) is 14.3. The summed E-state index contributed by atoms with van der Waals surface area (Å²) in [7, 11) is 2.90. The maximum absolute atomic E-state index is 12.3. The highest BCUT2D eigenvalue weighted by molar-refractivity contribution is 6.31.